The smallest absolute Gasteiger partial charge is 0.231 e. The van der Waals surface area contributed by atoms with Gasteiger partial charge in [-0.05, 0) is 42.7 Å². The van der Waals surface area contributed by atoms with Gasteiger partial charge in [0, 0.05) is 31.7 Å². The summed E-state index contributed by atoms with van der Waals surface area (Å²) in [6.07, 6.45) is 3.44. The van der Waals surface area contributed by atoms with Crippen LogP contribution in [0.2, 0.25) is 5.02 Å². The number of nitrogens with zero attached hydrogens (tertiary/aromatic N) is 4. The summed E-state index contributed by atoms with van der Waals surface area (Å²) in [5.74, 6) is 0.322. The number of pyridine rings is 1. The Morgan fingerprint density at radius 3 is 2.81 bits per heavy atom. The van der Waals surface area contributed by atoms with Crippen LogP contribution in [0.4, 0.5) is 10.3 Å². The number of aromatic nitrogens is 3. The third-order valence-electron chi connectivity index (χ3n) is 4.90. The summed E-state index contributed by atoms with van der Waals surface area (Å²) in [5, 5.41) is 11.4. The van der Waals surface area contributed by atoms with Crippen molar-refractivity contribution in [3.8, 4) is 0 Å². The van der Waals surface area contributed by atoms with E-state index in [1.54, 1.807) is 6.07 Å². The Morgan fingerprint density at radius 1 is 1.22 bits per heavy atom. The summed E-state index contributed by atoms with van der Waals surface area (Å²) < 4.78 is 15.2. The van der Waals surface area contributed by atoms with E-state index in [9.17, 15) is 9.18 Å². The predicted octanol–water partition coefficient (Wildman–Crippen LogP) is 3.05. The lowest BCUT2D eigenvalue weighted by Gasteiger charge is -2.31. The molecule has 8 heteroatoms. The number of rotatable bonds is 4. The highest BCUT2D eigenvalue weighted by atomic mass is 35.5. The number of fused-ring (bicyclic) bond motifs is 1. The third-order valence-corrected chi connectivity index (χ3v) is 5.18. The van der Waals surface area contributed by atoms with Crippen LogP contribution in [0.1, 0.15) is 18.4 Å². The number of halogens is 2. The Bertz CT molecular complexity index is 968. The van der Waals surface area contributed by atoms with Gasteiger partial charge in [0.15, 0.2) is 5.65 Å². The van der Waals surface area contributed by atoms with Crippen LogP contribution in [-0.4, -0.2) is 33.6 Å². The minimum atomic E-state index is -0.458. The number of hydrogen-bond acceptors (Lipinski definition) is 4. The number of anilines is 1. The second kappa shape index (κ2) is 7.52. The molecule has 4 rings (SSSR count). The number of piperidine rings is 1. The normalized spacial score (nSPS) is 15.3. The molecule has 3 aromatic rings. The van der Waals surface area contributed by atoms with Crippen LogP contribution in [0.25, 0.3) is 5.65 Å². The molecule has 0 radical (unpaired) electrons. The number of carbonyl (C=O) groups is 1. The average molecular weight is 388 g/mol. The van der Waals surface area contributed by atoms with Gasteiger partial charge in [-0.1, -0.05) is 23.7 Å². The fourth-order valence-electron chi connectivity index (χ4n) is 3.37. The van der Waals surface area contributed by atoms with Crippen molar-refractivity contribution in [1.82, 2.24) is 19.9 Å². The predicted molar refractivity (Wildman–Crippen MR) is 101 cm³/mol. The molecule has 0 spiro atoms. The van der Waals surface area contributed by atoms with Crippen LogP contribution in [0.15, 0.2) is 42.6 Å². The average Bonchev–Trinajstić information content (AvgIpc) is 3.13. The lowest BCUT2D eigenvalue weighted by molar-refractivity contribution is -0.125. The van der Waals surface area contributed by atoms with Crippen molar-refractivity contribution >= 4 is 29.1 Å². The molecule has 0 aliphatic carbocycles. The largest absolute Gasteiger partial charge is 0.352 e. The first-order chi connectivity index (χ1) is 13.1. The molecule has 27 heavy (non-hydrogen) atoms. The van der Waals surface area contributed by atoms with Gasteiger partial charge >= 0.3 is 0 Å². The zero-order valence-corrected chi connectivity index (χ0v) is 15.4. The van der Waals surface area contributed by atoms with Crippen molar-refractivity contribution in [2.24, 2.45) is 5.92 Å². The van der Waals surface area contributed by atoms with Crippen LogP contribution in [0, 0.1) is 11.7 Å². The number of amides is 1. The Balaban J connectivity index is 1.33. The molecule has 0 unspecified atom stereocenters. The summed E-state index contributed by atoms with van der Waals surface area (Å²) in [5.41, 5.74) is 1.59. The van der Waals surface area contributed by atoms with Crippen LogP contribution in [-0.2, 0) is 11.3 Å². The van der Waals surface area contributed by atoms with Crippen LogP contribution >= 0.6 is 11.6 Å². The van der Waals surface area contributed by atoms with Gasteiger partial charge in [-0.2, -0.15) is 0 Å². The minimum absolute atomic E-state index is 0.0150. The molecule has 1 N–H and O–H groups in total. The molecule has 140 valence electrons. The molecule has 1 aliphatic rings. The maximum Gasteiger partial charge on any atom is 0.231 e. The summed E-state index contributed by atoms with van der Waals surface area (Å²) in [4.78, 5) is 14.6. The molecule has 1 aliphatic heterocycles. The second-order valence-electron chi connectivity index (χ2n) is 6.66. The monoisotopic (exact) mass is 387 g/mol. The first-order valence-corrected chi connectivity index (χ1v) is 9.26. The van der Waals surface area contributed by atoms with E-state index in [2.05, 4.69) is 20.4 Å². The Labute approximate surface area is 161 Å². The van der Waals surface area contributed by atoms with E-state index in [1.807, 2.05) is 28.8 Å². The quantitative estimate of drug-likeness (QED) is 0.747. The molecule has 2 aromatic heterocycles. The van der Waals surface area contributed by atoms with E-state index in [0.29, 0.717) is 6.54 Å². The number of carbonyl (C=O) groups excluding carboxylic acids is 1. The van der Waals surface area contributed by atoms with E-state index < -0.39 is 5.82 Å². The van der Waals surface area contributed by atoms with Crippen LogP contribution < -0.4 is 10.2 Å². The summed E-state index contributed by atoms with van der Waals surface area (Å²) in [7, 11) is 0. The van der Waals surface area contributed by atoms with Crippen molar-refractivity contribution in [3.05, 3.63) is 59.0 Å². The first-order valence-electron chi connectivity index (χ1n) is 8.88. The third kappa shape index (κ3) is 3.73. The number of benzene rings is 1. The fraction of sp³-hybridized carbons (Fsp3) is 0.316. The van der Waals surface area contributed by atoms with E-state index in [0.717, 1.165) is 43.1 Å². The zero-order chi connectivity index (χ0) is 18.8. The van der Waals surface area contributed by atoms with Gasteiger partial charge in [-0.3, -0.25) is 9.20 Å². The molecular formula is C19H19ClFN5O. The molecule has 3 heterocycles. The maximum absolute atomic E-state index is 13.2. The summed E-state index contributed by atoms with van der Waals surface area (Å²) in [6.45, 7) is 1.83. The van der Waals surface area contributed by atoms with E-state index in [1.165, 1.54) is 12.1 Å². The van der Waals surface area contributed by atoms with Gasteiger partial charge in [0.25, 0.3) is 0 Å². The van der Waals surface area contributed by atoms with E-state index >= 15 is 0 Å². The van der Waals surface area contributed by atoms with Crippen molar-refractivity contribution in [3.63, 3.8) is 0 Å². The number of hydrogen-bond donors (Lipinski definition) is 1. The molecule has 6 nitrogen and oxygen atoms in total. The Morgan fingerprint density at radius 2 is 2.04 bits per heavy atom. The van der Waals surface area contributed by atoms with Gasteiger partial charge in [0.05, 0.1) is 5.02 Å². The fourth-order valence-corrected chi connectivity index (χ4v) is 3.57. The summed E-state index contributed by atoms with van der Waals surface area (Å²) in [6, 6.07) is 10.3. The lowest BCUT2D eigenvalue weighted by atomic mass is 9.96. The maximum atomic E-state index is 13.2. The Kier molecular flexibility index (Phi) is 4.94. The molecule has 0 atom stereocenters. The van der Waals surface area contributed by atoms with Gasteiger partial charge in [-0.25, -0.2) is 4.39 Å². The molecule has 0 saturated carbocycles. The molecule has 1 amide bonds. The van der Waals surface area contributed by atoms with Crippen molar-refractivity contribution in [2.75, 3.05) is 18.0 Å². The van der Waals surface area contributed by atoms with Gasteiger partial charge < -0.3 is 10.2 Å². The van der Waals surface area contributed by atoms with Crippen LogP contribution in [0.3, 0.4) is 0 Å². The molecule has 1 aromatic carbocycles. The highest BCUT2D eigenvalue weighted by Gasteiger charge is 2.26. The Hall–Kier alpha value is -2.67. The second-order valence-corrected chi connectivity index (χ2v) is 7.06. The zero-order valence-electron chi connectivity index (χ0n) is 14.6. The van der Waals surface area contributed by atoms with Gasteiger partial charge in [0.2, 0.25) is 11.9 Å². The first kappa shape index (κ1) is 17.7. The van der Waals surface area contributed by atoms with Crippen molar-refractivity contribution < 1.29 is 9.18 Å². The molecule has 1 fully saturated rings. The van der Waals surface area contributed by atoms with Gasteiger partial charge in [-0.15, -0.1) is 10.2 Å². The SMILES string of the molecule is O=C(NCc1ccc(F)c(Cl)c1)C1CCN(c2nnc3ccccn23)CC1. The highest BCUT2D eigenvalue weighted by molar-refractivity contribution is 6.30. The topological polar surface area (TPSA) is 62.5 Å². The van der Waals surface area contributed by atoms with E-state index in [4.69, 9.17) is 11.6 Å². The van der Waals surface area contributed by atoms with Crippen molar-refractivity contribution in [2.45, 2.75) is 19.4 Å². The standard InChI is InChI=1S/C19H19ClFN5O/c20-15-11-13(4-5-16(15)21)12-22-18(27)14-6-9-25(10-7-14)19-24-23-17-3-1-2-8-26(17)19/h1-5,8,11,14H,6-7,9-10,12H2,(H,22,27). The summed E-state index contributed by atoms with van der Waals surface area (Å²) >= 11 is 5.78. The number of nitrogens with one attached hydrogen (secondary N) is 1. The van der Waals surface area contributed by atoms with Crippen LogP contribution in [0.5, 0.6) is 0 Å². The van der Waals surface area contributed by atoms with Gasteiger partial charge in [0.1, 0.15) is 5.82 Å². The van der Waals surface area contributed by atoms with Crippen molar-refractivity contribution in [1.29, 1.82) is 0 Å². The molecule has 1 saturated heterocycles. The minimum Gasteiger partial charge on any atom is -0.352 e. The molecular weight excluding hydrogens is 369 g/mol. The lowest BCUT2D eigenvalue weighted by Crippen LogP contribution is -2.41. The van der Waals surface area contributed by atoms with E-state index in [-0.39, 0.29) is 16.8 Å². The molecule has 0 bridgehead atoms. The highest BCUT2D eigenvalue weighted by Crippen LogP contribution is 2.23.